The molecule has 2 aromatic rings. The molecule has 0 unspecified atom stereocenters. The summed E-state index contributed by atoms with van der Waals surface area (Å²) in [5.41, 5.74) is 2.22. The zero-order valence-electron chi connectivity index (χ0n) is 15.7. The van der Waals surface area contributed by atoms with Crippen molar-refractivity contribution in [3.63, 3.8) is 0 Å². The quantitative estimate of drug-likeness (QED) is 0.552. The van der Waals surface area contributed by atoms with Gasteiger partial charge in [-0.05, 0) is 38.3 Å². The molecule has 3 rings (SSSR count). The fourth-order valence-corrected chi connectivity index (χ4v) is 3.03. The van der Waals surface area contributed by atoms with Crippen LogP contribution in [0.25, 0.3) is 6.08 Å². The van der Waals surface area contributed by atoms with Crippen LogP contribution in [0.4, 0.5) is 17.3 Å². The topological polar surface area (TPSA) is 119 Å². The van der Waals surface area contributed by atoms with E-state index in [1.165, 1.54) is 25.2 Å². The minimum atomic E-state index is 0.124. The Bertz CT molecular complexity index is 823. The fraction of sp³-hybridized carbons (Fsp3) is 0.400. The van der Waals surface area contributed by atoms with E-state index in [2.05, 4.69) is 30.9 Å². The van der Waals surface area contributed by atoms with Gasteiger partial charge in [0.1, 0.15) is 17.7 Å². The van der Waals surface area contributed by atoms with Crippen LogP contribution in [0, 0.1) is 17.2 Å². The average Bonchev–Trinajstić information content (AvgIpc) is 2.75. The van der Waals surface area contributed by atoms with Gasteiger partial charge in [-0.3, -0.25) is 0 Å². The van der Waals surface area contributed by atoms with Crippen LogP contribution in [0.2, 0.25) is 0 Å². The lowest BCUT2D eigenvalue weighted by atomic mass is 9.98. The smallest absolute Gasteiger partial charge is 0.158 e. The van der Waals surface area contributed by atoms with Crippen molar-refractivity contribution in [2.24, 2.45) is 5.92 Å². The number of nitriles is 1. The normalized spacial score (nSPS) is 14.7. The van der Waals surface area contributed by atoms with Crippen LogP contribution >= 0.6 is 0 Å². The highest BCUT2D eigenvalue weighted by Crippen LogP contribution is 2.23. The van der Waals surface area contributed by atoms with Crippen molar-refractivity contribution in [1.82, 2.24) is 20.3 Å². The van der Waals surface area contributed by atoms with E-state index in [1.54, 1.807) is 6.20 Å². The maximum Gasteiger partial charge on any atom is 0.158 e. The van der Waals surface area contributed by atoms with E-state index < -0.39 is 0 Å². The number of aliphatic hydroxyl groups excluding tert-OH is 1. The van der Waals surface area contributed by atoms with Gasteiger partial charge in [-0.2, -0.15) is 5.26 Å². The first-order chi connectivity index (χ1) is 13.8. The SMILES string of the molecule is N#Cc1cnc(Nc2cc(NCC3CCNCC3)c(C=CCCO)cn2)cn1. The molecule has 0 aliphatic carbocycles. The fourth-order valence-electron chi connectivity index (χ4n) is 3.03. The molecule has 28 heavy (non-hydrogen) atoms. The number of hydrogen-bond donors (Lipinski definition) is 4. The number of piperidine rings is 1. The average molecular weight is 379 g/mol. The molecule has 0 saturated carbocycles. The molecule has 1 aliphatic heterocycles. The lowest BCUT2D eigenvalue weighted by Gasteiger charge is -2.23. The Balaban J connectivity index is 1.74. The number of hydrogen-bond acceptors (Lipinski definition) is 8. The number of pyridine rings is 1. The number of aromatic nitrogens is 3. The van der Waals surface area contributed by atoms with E-state index in [4.69, 9.17) is 10.4 Å². The minimum absolute atomic E-state index is 0.124. The van der Waals surface area contributed by atoms with Crippen LogP contribution in [0.3, 0.4) is 0 Å². The summed E-state index contributed by atoms with van der Waals surface area (Å²) in [4.78, 5) is 12.6. The van der Waals surface area contributed by atoms with Crippen molar-refractivity contribution < 1.29 is 5.11 Å². The number of aliphatic hydroxyl groups is 1. The Hall–Kier alpha value is -3.02. The summed E-state index contributed by atoms with van der Waals surface area (Å²) in [7, 11) is 0. The second kappa shape index (κ2) is 10.3. The first-order valence-electron chi connectivity index (χ1n) is 9.49. The molecular weight excluding hydrogens is 354 g/mol. The van der Waals surface area contributed by atoms with Crippen molar-refractivity contribution >= 4 is 23.4 Å². The van der Waals surface area contributed by atoms with Crippen molar-refractivity contribution in [2.45, 2.75) is 19.3 Å². The molecule has 1 aliphatic rings. The van der Waals surface area contributed by atoms with Crippen LogP contribution < -0.4 is 16.0 Å². The van der Waals surface area contributed by atoms with Gasteiger partial charge in [-0.25, -0.2) is 15.0 Å². The van der Waals surface area contributed by atoms with Gasteiger partial charge in [0.05, 0.1) is 12.4 Å². The maximum absolute atomic E-state index is 9.00. The number of nitrogens with zero attached hydrogens (tertiary/aromatic N) is 4. The predicted octanol–water partition coefficient (Wildman–Crippen LogP) is 2.29. The third-order valence-corrected chi connectivity index (χ3v) is 4.59. The molecule has 0 amide bonds. The predicted molar refractivity (Wildman–Crippen MR) is 109 cm³/mol. The minimum Gasteiger partial charge on any atom is -0.396 e. The summed E-state index contributed by atoms with van der Waals surface area (Å²) < 4.78 is 0. The zero-order chi connectivity index (χ0) is 19.6. The third kappa shape index (κ3) is 5.74. The van der Waals surface area contributed by atoms with Gasteiger partial charge in [0.25, 0.3) is 0 Å². The summed E-state index contributed by atoms with van der Waals surface area (Å²) >= 11 is 0. The second-order valence-corrected chi connectivity index (χ2v) is 6.67. The van der Waals surface area contributed by atoms with Crippen LogP contribution in [0.5, 0.6) is 0 Å². The maximum atomic E-state index is 9.00. The van der Waals surface area contributed by atoms with Gasteiger partial charge >= 0.3 is 0 Å². The summed E-state index contributed by atoms with van der Waals surface area (Å²) in [6.07, 6.45) is 11.6. The Labute approximate surface area is 164 Å². The van der Waals surface area contributed by atoms with Gasteiger partial charge in [0.2, 0.25) is 0 Å². The van der Waals surface area contributed by atoms with Crippen LogP contribution in [-0.2, 0) is 0 Å². The van der Waals surface area contributed by atoms with Crippen molar-refractivity contribution in [1.29, 1.82) is 5.26 Å². The van der Waals surface area contributed by atoms with Crippen LogP contribution in [0.1, 0.15) is 30.5 Å². The molecule has 0 aromatic carbocycles. The largest absolute Gasteiger partial charge is 0.396 e. The first kappa shape index (κ1) is 19.7. The molecule has 0 atom stereocenters. The van der Waals surface area contributed by atoms with E-state index in [-0.39, 0.29) is 12.3 Å². The number of nitrogens with one attached hydrogen (secondary N) is 3. The Morgan fingerprint density at radius 1 is 1.18 bits per heavy atom. The molecular formula is C20H25N7O. The zero-order valence-corrected chi connectivity index (χ0v) is 15.7. The molecule has 146 valence electrons. The molecule has 0 spiro atoms. The highest BCUT2D eigenvalue weighted by Gasteiger charge is 2.13. The van der Waals surface area contributed by atoms with Gasteiger partial charge in [0, 0.05) is 36.7 Å². The van der Waals surface area contributed by atoms with Crippen LogP contribution in [0.15, 0.2) is 30.7 Å². The summed E-state index contributed by atoms with van der Waals surface area (Å²) in [5, 5.41) is 27.9. The van der Waals surface area contributed by atoms with E-state index in [9.17, 15) is 0 Å². The Morgan fingerprint density at radius 3 is 2.71 bits per heavy atom. The van der Waals surface area contributed by atoms with Crippen molar-refractivity contribution in [2.75, 3.05) is 36.9 Å². The van der Waals surface area contributed by atoms with E-state index in [1.807, 2.05) is 24.3 Å². The molecule has 2 aromatic heterocycles. The standard InChI is InChI=1S/C20H25N7O/c21-10-17-13-26-20(14-23-17)27-19-9-18(16(12-25-19)3-1-2-8-28)24-11-15-4-6-22-7-5-15/h1,3,9,12-15,22,28H,2,4-8,11H2,(H2,24,25,26,27). The first-order valence-corrected chi connectivity index (χ1v) is 9.49. The molecule has 8 heteroatoms. The number of rotatable bonds is 8. The van der Waals surface area contributed by atoms with Crippen molar-refractivity contribution in [3.8, 4) is 6.07 Å². The van der Waals surface area contributed by atoms with Crippen LogP contribution in [-0.4, -0.2) is 46.3 Å². The van der Waals surface area contributed by atoms with Crippen molar-refractivity contribution in [3.05, 3.63) is 42.0 Å². The molecule has 1 saturated heterocycles. The molecule has 8 nitrogen and oxygen atoms in total. The lowest BCUT2D eigenvalue weighted by molar-refractivity contribution is 0.303. The molecule has 0 radical (unpaired) electrons. The van der Waals surface area contributed by atoms with E-state index in [0.717, 1.165) is 30.9 Å². The van der Waals surface area contributed by atoms with E-state index in [0.29, 0.717) is 24.0 Å². The molecule has 1 fully saturated rings. The highest BCUT2D eigenvalue weighted by atomic mass is 16.2. The summed E-state index contributed by atoms with van der Waals surface area (Å²) in [5.74, 6) is 1.81. The Morgan fingerprint density at radius 2 is 2.00 bits per heavy atom. The van der Waals surface area contributed by atoms with Gasteiger partial charge in [-0.1, -0.05) is 12.2 Å². The second-order valence-electron chi connectivity index (χ2n) is 6.67. The molecule has 4 N–H and O–H groups in total. The Kier molecular flexibility index (Phi) is 7.29. The van der Waals surface area contributed by atoms with Gasteiger partial charge in [-0.15, -0.1) is 0 Å². The monoisotopic (exact) mass is 379 g/mol. The van der Waals surface area contributed by atoms with Gasteiger partial charge in [0.15, 0.2) is 5.69 Å². The molecule has 0 bridgehead atoms. The molecule has 3 heterocycles. The lowest BCUT2D eigenvalue weighted by Crippen LogP contribution is -2.31. The van der Waals surface area contributed by atoms with E-state index >= 15 is 0 Å². The summed E-state index contributed by atoms with van der Waals surface area (Å²) in [6, 6.07) is 3.89. The van der Waals surface area contributed by atoms with Gasteiger partial charge < -0.3 is 21.1 Å². The third-order valence-electron chi connectivity index (χ3n) is 4.59. The number of anilines is 3. The summed E-state index contributed by atoms with van der Waals surface area (Å²) in [6.45, 7) is 3.16. The highest BCUT2D eigenvalue weighted by molar-refractivity contribution is 5.70.